The SMILES string of the molecule is C[Si](C)(Cc1ccccc1)c1ccccc1. The quantitative estimate of drug-likeness (QED) is 0.704. The summed E-state index contributed by atoms with van der Waals surface area (Å²) in [6.45, 7) is 4.88. The van der Waals surface area contributed by atoms with Gasteiger partial charge in [-0.2, -0.15) is 0 Å². The summed E-state index contributed by atoms with van der Waals surface area (Å²) < 4.78 is 0. The molecule has 0 nitrogen and oxygen atoms in total. The van der Waals surface area contributed by atoms with E-state index in [4.69, 9.17) is 0 Å². The average Bonchev–Trinajstić information content (AvgIpc) is 2.31. The predicted molar refractivity (Wildman–Crippen MR) is 73.7 cm³/mol. The summed E-state index contributed by atoms with van der Waals surface area (Å²) in [7, 11) is -1.32. The predicted octanol–water partition coefficient (Wildman–Crippen LogP) is 3.38. The maximum atomic E-state index is 2.44. The summed E-state index contributed by atoms with van der Waals surface area (Å²) in [6, 6.07) is 23.0. The van der Waals surface area contributed by atoms with Gasteiger partial charge >= 0.3 is 0 Å². The van der Waals surface area contributed by atoms with Crippen molar-refractivity contribution >= 4 is 13.3 Å². The minimum atomic E-state index is -1.32. The van der Waals surface area contributed by atoms with E-state index in [2.05, 4.69) is 73.8 Å². The van der Waals surface area contributed by atoms with E-state index in [0.29, 0.717) is 0 Å². The Hall–Kier alpha value is -1.34. The molecule has 0 saturated carbocycles. The third-order valence-corrected chi connectivity index (χ3v) is 6.23. The molecule has 0 amide bonds. The fourth-order valence-electron chi connectivity index (χ4n) is 2.10. The van der Waals surface area contributed by atoms with Crippen LogP contribution in [0.15, 0.2) is 60.7 Å². The fourth-order valence-corrected chi connectivity index (χ4v) is 4.65. The Morgan fingerprint density at radius 2 is 1.25 bits per heavy atom. The van der Waals surface area contributed by atoms with E-state index >= 15 is 0 Å². The molecule has 0 atom stereocenters. The van der Waals surface area contributed by atoms with E-state index in [1.54, 1.807) is 5.19 Å². The van der Waals surface area contributed by atoms with Gasteiger partial charge in [-0.05, 0) is 6.04 Å². The molecule has 2 aromatic rings. The van der Waals surface area contributed by atoms with Gasteiger partial charge < -0.3 is 0 Å². The Morgan fingerprint density at radius 1 is 0.750 bits per heavy atom. The zero-order valence-electron chi connectivity index (χ0n) is 9.98. The molecule has 16 heavy (non-hydrogen) atoms. The van der Waals surface area contributed by atoms with Crippen LogP contribution in [0.5, 0.6) is 0 Å². The maximum absolute atomic E-state index is 2.44. The Morgan fingerprint density at radius 3 is 1.81 bits per heavy atom. The van der Waals surface area contributed by atoms with Gasteiger partial charge in [0.1, 0.15) is 0 Å². The highest BCUT2D eigenvalue weighted by molar-refractivity contribution is 6.89. The van der Waals surface area contributed by atoms with Crippen LogP contribution in [0.3, 0.4) is 0 Å². The highest BCUT2D eigenvalue weighted by Crippen LogP contribution is 2.11. The summed E-state index contributed by atoms with van der Waals surface area (Å²) in [5.74, 6) is 0. The smallest absolute Gasteiger partial charge is 0.0652 e. The lowest BCUT2D eigenvalue weighted by molar-refractivity contribution is 1.32. The monoisotopic (exact) mass is 226 g/mol. The molecule has 0 unspecified atom stereocenters. The summed E-state index contributed by atoms with van der Waals surface area (Å²) in [5, 5.41) is 1.54. The van der Waals surface area contributed by atoms with Crippen LogP contribution >= 0.6 is 0 Å². The van der Waals surface area contributed by atoms with Crippen molar-refractivity contribution in [3.05, 3.63) is 66.2 Å². The van der Waals surface area contributed by atoms with Crippen molar-refractivity contribution < 1.29 is 0 Å². The largest absolute Gasteiger partial charge is 0.0849 e. The molecule has 0 aliphatic heterocycles. The number of rotatable bonds is 3. The van der Waals surface area contributed by atoms with Crippen molar-refractivity contribution in [3.8, 4) is 0 Å². The first-order valence-electron chi connectivity index (χ1n) is 5.78. The molecule has 0 aromatic heterocycles. The third-order valence-electron chi connectivity index (χ3n) is 3.04. The van der Waals surface area contributed by atoms with Gasteiger partial charge in [0.05, 0.1) is 8.07 Å². The molecule has 0 bridgehead atoms. The molecule has 0 N–H and O–H groups in total. The van der Waals surface area contributed by atoms with Gasteiger partial charge in [0, 0.05) is 0 Å². The second-order valence-corrected chi connectivity index (χ2v) is 9.61. The molecule has 0 aliphatic rings. The number of hydrogen-bond acceptors (Lipinski definition) is 0. The molecule has 0 radical (unpaired) electrons. The van der Waals surface area contributed by atoms with Crippen molar-refractivity contribution in [1.29, 1.82) is 0 Å². The molecule has 1 heteroatoms. The second-order valence-electron chi connectivity index (χ2n) is 4.91. The van der Waals surface area contributed by atoms with Crippen molar-refractivity contribution in [1.82, 2.24) is 0 Å². The topological polar surface area (TPSA) is 0 Å². The highest BCUT2D eigenvalue weighted by Gasteiger charge is 2.23. The minimum Gasteiger partial charge on any atom is -0.0652 e. The molecule has 2 rings (SSSR count). The Kier molecular flexibility index (Phi) is 3.25. The molecule has 0 heterocycles. The van der Waals surface area contributed by atoms with Crippen LogP contribution in [-0.4, -0.2) is 8.07 Å². The van der Waals surface area contributed by atoms with Gasteiger partial charge in [0.2, 0.25) is 0 Å². The van der Waals surface area contributed by atoms with E-state index < -0.39 is 8.07 Å². The summed E-state index contributed by atoms with van der Waals surface area (Å²) in [5.41, 5.74) is 1.46. The van der Waals surface area contributed by atoms with Gasteiger partial charge in [-0.3, -0.25) is 0 Å². The first-order chi connectivity index (χ1) is 7.68. The molecule has 0 saturated heterocycles. The minimum absolute atomic E-state index is 1.22. The van der Waals surface area contributed by atoms with Crippen molar-refractivity contribution in [3.63, 3.8) is 0 Å². The van der Waals surface area contributed by atoms with Crippen LogP contribution in [0.25, 0.3) is 0 Å². The molecule has 2 aromatic carbocycles. The van der Waals surface area contributed by atoms with Crippen molar-refractivity contribution in [2.75, 3.05) is 0 Å². The second kappa shape index (κ2) is 4.66. The summed E-state index contributed by atoms with van der Waals surface area (Å²) in [4.78, 5) is 0. The standard InChI is InChI=1S/C15H18Si/c1-16(2,15-11-7-4-8-12-15)13-14-9-5-3-6-10-14/h3-12H,13H2,1-2H3. The van der Waals surface area contributed by atoms with Crippen molar-refractivity contribution in [2.45, 2.75) is 19.1 Å². The van der Waals surface area contributed by atoms with Crippen LogP contribution < -0.4 is 5.19 Å². The third kappa shape index (κ3) is 2.61. The maximum Gasteiger partial charge on any atom is 0.0849 e. The fraction of sp³-hybridized carbons (Fsp3) is 0.200. The van der Waals surface area contributed by atoms with Crippen molar-refractivity contribution in [2.24, 2.45) is 0 Å². The lowest BCUT2D eigenvalue weighted by Gasteiger charge is -2.23. The molecule has 82 valence electrons. The summed E-state index contributed by atoms with van der Waals surface area (Å²) in [6.07, 6.45) is 0. The Bertz CT molecular complexity index is 432. The van der Waals surface area contributed by atoms with Crippen LogP contribution in [0.4, 0.5) is 0 Å². The molecule has 0 aliphatic carbocycles. The molecular weight excluding hydrogens is 208 g/mol. The van der Waals surface area contributed by atoms with Gasteiger partial charge in [-0.1, -0.05) is 84.5 Å². The van der Waals surface area contributed by atoms with E-state index in [1.165, 1.54) is 11.6 Å². The highest BCUT2D eigenvalue weighted by atomic mass is 28.3. The zero-order valence-corrected chi connectivity index (χ0v) is 11.0. The van der Waals surface area contributed by atoms with Gasteiger partial charge in [-0.25, -0.2) is 0 Å². The lowest BCUT2D eigenvalue weighted by atomic mass is 10.2. The Labute approximate surface area is 99.0 Å². The lowest BCUT2D eigenvalue weighted by Crippen LogP contribution is -2.43. The van der Waals surface area contributed by atoms with E-state index in [0.717, 1.165) is 0 Å². The summed E-state index contributed by atoms with van der Waals surface area (Å²) >= 11 is 0. The van der Waals surface area contributed by atoms with Gasteiger partial charge in [-0.15, -0.1) is 0 Å². The average molecular weight is 226 g/mol. The molecule has 0 fully saturated rings. The van der Waals surface area contributed by atoms with Gasteiger partial charge in [0.25, 0.3) is 0 Å². The van der Waals surface area contributed by atoms with Gasteiger partial charge in [0.15, 0.2) is 0 Å². The van der Waals surface area contributed by atoms with Crippen LogP contribution in [-0.2, 0) is 6.04 Å². The van der Waals surface area contributed by atoms with Crippen LogP contribution in [0, 0.1) is 0 Å². The van der Waals surface area contributed by atoms with E-state index in [9.17, 15) is 0 Å². The van der Waals surface area contributed by atoms with Crippen LogP contribution in [0.2, 0.25) is 13.1 Å². The normalized spacial score (nSPS) is 11.4. The molecular formula is C15H18Si. The first kappa shape index (κ1) is 11.2. The number of hydrogen-bond donors (Lipinski definition) is 0. The van der Waals surface area contributed by atoms with E-state index in [-0.39, 0.29) is 0 Å². The van der Waals surface area contributed by atoms with E-state index in [1.807, 2.05) is 0 Å². The number of benzene rings is 2. The first-order valence-corrected chi connectivity index (χ1v) is 8.99. The van der Waals surface area contributed by atoms with Crippen LogP contribution in [0.1, 0.15) is 5.56 Å². The zero-order chi connectivity index (χ0) is 11.4. The molecule has 0 spiro atoms. The Balaban J connectivity index is 2.21.